The van der Waals surface area contributed by atoms with E-state index in [0.717, 1.165) is 11.3 Å². The molecule has 0 saturated carbocycles. The first-order chi connectivity index (χ1) is 12.2. The molecule has 0 fully saturated rings. The highest BCUT2D eigenvalue weighted by molar-refractivity contribution is 7.80. The Hall–Kier alpha value is -2.87. The molecule has 134 valence electrons. The van der Waals surface area contributed by atoms with Crippen molar-refractivity contribution in [2.45, 2.75) is 13.1 Å². The molecule has 8 heteroatoms. The summed E-state index contributed by atoms with van der Waals surface area (Å²) in [5, 5.41) is 5.93. The van der Waals surface area contributed by atoms with Gasteiger partial charge in [-0.3, -0.25) is 0 Å². The number of anilines is 2. The monoisotopic (exact) mass is 378 g/mol. The van der Waals surface area contributed by atoms with Gasteiger partial charge in [0.25, 0.3) is 0 Å². The fraction of sp³-hybridized carbons (Fsp3) is 0.111. The molecule has 0 unspecified atom stereocenters. The van der Waals surface area contributed by atoms with E-state index >= 15 is 0 Å². The van der Waals surface area contributed by atoms with E-state index in [4.69, 9.17) is 16.6 Å². The molecule has 0 spiro atoms. The maximum atomic E-state index is 13.1. The van der Waals surface area contributed by atoms with E-state index in [2.05, 4.69) is 10.6 Å². The van der Waals surface area contributed by atoms with Gasteiger partial charge in [-0.25, -0.2) is 4.79 Å². The lowest BCUT2D eigenvalue weighted by atomic mass is 10.1. The Labute approximate surface area is 151 Å². The van der Waals surface area contributed by atoms with E-state index in [9.17, 15) is 18.0 Å². The van der Waals surface area contributed by atoms with Crippen molar-refractivity contribution in [2.24, 2.45) is 0 Å². The van der Waals surface area contributed by atoms with Gasteiger partial charge in [0.15, 0.2) is 5.11 Å². The molecule has 0 aliphatic rings. The highest BCUT2D eigenvalue weighted by atomic mass is 32.1. The second-order valence-electron chi connectivity index (χ2n) is 5.58. The minimum absolute atomic E-state index is 0.173. The lowest BCUT2D eigenvalue weighted by Gasteiger charge is -2.13. The summed E-state index contributed by atoms with van der Waals surface area (Å²) in [6.07, 6.45) is -4.65. The lowest BCUT2D eigenvalue weighted by Crippen LogP contribution is -2.19. The average molecular weight is 378 g/mol. The molecule has 2 N–H and O–H groups in total. The molecule has 0 bridgehead atoms. The Kier molecular flexibility index (Phi) is 4.69. The van der Waals surface area contributed by atoms with Gasteiger partial charge >= 0.3 is 11.8 Å². The smallest absolute Gasteiger partial charge is 0.417 e. The maximum Gasteiger partial charge on any atom is 0.417 e. The number of halogens is 3. The number of fused-ring (bicyclic) bond motifs is 1. The first-order valence-corrected chi connectivity index (χ1v) is 7.93. The van der Waals surface area contributed by atoms with Gasteiger partial charge in [0.2, 0.25) is 0 Å². The van der Waals surface area contributed by atoms with Crippen molar-refractivity contribution in [1.29, 1.82) is 0 Å². The molecule has 2 aromatic carbocycles. The minimum Gasteiger partial charge on any atom is -0.423 e. The summed E-state index contributed by atoms with van der Waals surface area (Å²) in [5.74, 6) is 0. The van der Waals surface area contributed by atoms with E-state index in [1.54, 1.807) is 0 Å². The number of benzene rings is 2. The summed E-state index contributed by atoms with van der Waals surface area (Å²) in [7, 11) is 0. The van der Waals surface area contributed by atoms with Crippen molar-refractivity contribution in [3.8, 4) is 0 Å². The molecule has 3 aromatic rings. The highest BCUT2D eigenvalue weighted by Crippen LogP contribution is 2.34. The average Bonchev–Trinajstić information content (AvgIpc) is 2.55. The normalized spacial score (nSPS) is 11.4. The largest absolute Gasteiger partial charge is 0.423 e. The van der Waals surface area contributed by atoms with Gasteiger partial charge in [-0.05, 0) is 42.9 Å². The lowest BCUT2D eigenvalue weighted by molar-refractivity contribution is -0.136. The third-order valence-corrected chi connectivity index (χ3v) is 3.91. The summed E-state index contributed by atoms with van der Waals surface area (Å²) in [6, 6.07) is 11.9. The van der Waals surface area contributed by atoms with Crippen molar-refractivity contribution < 1.29 is 17.6 Å². The molecule has 0 aliphatic heterocycles. The topological polar surface area (TPSA) is 54.3 Å². The zero-order valence-electron chi connectivity index (χ0n) is 13.5. The molecular formula is C18H13F3N2O2S. The van der Waals surface area contributed by atoms with Crippen LogP contribution in [0.2, 0.25) is 0 Å². The Morgan fingerprint density at radius 2 is 1.81 bits per heavy atom. The molecule has 0 amide bonds. The Balaban J connectivity index is 1.89. The van der Waals surface area contributed by atoms with Crippen molar-refractivity contribution >= 4 is 39.7 Å². The number of aryl methyl sites for hydroxylation is 1. The number of thiocarbonyl (C=S) groups is 1. The zero-order chi connectivity index (χ0) is 18.9. The summed E-state index contributed by atoms with van der Waals surface area (Å²) >= 11 is 5.22. The van der Waals surface area contributed by atoms with Crippen molar-refractivity contribution in [3.63, 3.8) is 0 Å². The molecule has 0 radical (unpaired) electrons. The van der Waals surface area contributed by atoms with E-state index in [-0.39, 0.29) is 16.1 Å². The van der Waals surface area contributed by atoms with Crippen molar-refractivity contribution in [3.05, 3.63) is 70.1 Å². The van der Waals surface area contributed by atoms with Crippen LogP contribution in [0, 0.1) is 6.92 Å². The highest BCUT2D eigenvalue weighted by Gasteiger charge is 2.33. The minimum atomic E-state index is -4.65. The molecule has 3 rings (SSSR count). The second-order valence-corrected chi connectivity index (χ2v) is 5.99. The predicted octanol–water partition coefficient (Wildman–Crippen LogP) is 4.93. The molecule has 0 atom stereocenters. The van der Waals surface area contributed by atoms with Crippen LogP contribution in [0.4, 0.5) is 24.5 Å². The van der Waals surface area contributed by atoms with E-state index in [1.165, 1.54) is 18.2 Å². The molecule has 1 aromatic heterocycles. The molecule has 26 heavy (non-hydrogen) atoms. The first-order valence-electron chi connectivity index (χ1n) is 7.53. The quantitative estimate of drug-likeness (QED) is 0.489. The third-order valence-electron chi connectivity index (χ3n) is 3.70. The van der Waals surface area contributed by atoms with Crippen LogP contribution in [-0.4, -0.2) is 5.11 Å². The van der Waals surface area contributed by atoms with Crippen LogP contribution in [0.1, 0.15) is 11.1 Å². The van der Waals surface area contributed by atoms with Gasteiger partial charge < -0.3 is 15.1 Å². The van der Waals surface area contributed by atoms with Crippen LogP contribution >= 0.6 is 12.2 Å². The number of rotatable bonds is 2. The Bertz CT molecular complexity index is 1040. The Morgan fingerprint density at radius 1 is 1.08 bits per heavy atom. The zero-order valence-corrected chi connectivity index (χ0v) is 14.3. The van der Waals surface area contributed by atoms with E-state index in [1.807, 2.05) is 31.2 Å². The third kappa shape index (κ3) is 3.85. The summed E-state index contributed by atoms with van der Waals surface area (Å²) in [6.45, 7) is 1.91. The van der Waals surface area contributed by atoms with Crippen LogP contribution in [0.3, 0.4) is 0 Å². The maximum absolute atomic E-state index is 13.1. The second kappa shape index (κ2) is 6.80. The van der Waals surface area contributed by atoms with E-state index in [0.29, 0.717) is 11.8 Å². The SMILES string of the molecule is Cc1ccccc1NC(=S)Nc1ccc2c(C(F)(F)F)cc(=O)oc2c1. The number of alkyl halides is 3. The van der Waals surface area contributed by atoms with Crippen LogP contribution in [-0.2, 0) is 6.18 Å². The van der Waals surface area contributed by atoms with E-state index < -0.39 is 17.4 Å². The van der Waals surface area contributed by atoms with Crippen molar-refractivity contribution in [2.75, 3.05) is 10.6 Å². The molecule has 4 nitrogen and oxygen atoms in total. The fourth-order valence-electron chi connectivity index (χ4n) is 2.47. The first kappa shape index (κ1) is 17.9. The standard InChI is InChI=1S/C18H13F3N2O2S/c1-10-4-2-3-5-14(10)23-17(26)22-11-6-7-12-13(18(19,20)21)9-16(24)25-15(12)8-11/h2-9H,1H3,(H2,22,23,26). The number of hydrogen-bond donors (Lipinski definition) is 2. The van der Waals surface area contributed by atoms with Crippen LogP contribution < -0.4 is 16.3 Å². The van der Waals surface area contributed by atoms with Gasteiger partial charge in [0.1, 0.15) is 5.58 Å². The summed E-state index contributed by atoms with van der Waals surface area (Å²) in [5.41, 5.74) is -0.0919. The van der Waals surface area contributed by atoms with Gasteiger partial charge in [0.05, 0.1) is 5.56 Å². The Morgan fingerprint density at radius 3 is 2.50 bits per heavy atom. The van der Waals surface area contributed by atoms with Gasteiger partial charge in [-0.1, -0.05) is 18.2 Å². The van der Waals surface area contributed by atoms with Crippen LogP contribution in [0.25, 0.3) is 11.0 Å². The molecule has 0 saturated heterocycles. The molecule has 1 heterocycles. The molecule has 0 aliphatic carbocycles. The predicted molar refractivity (Wildman–Crippen MR) is 98.5 cm³/mol. The molecular weight excluding hydrogens is 365 g/mol. The fourth-order valence-corrected chi connectivity index (χ4v) is 2.70. The number of hydrogen-bond acceptors (Lipinski definition) is 3. The number of para-hydroxylation sites is 1. The van der Waals surface area contributed by atoms with Crippen LogP contribution in [0.5, 0.6) is 0 Å². The summed E-state index contributed by atoms with van der Waals surface area (Å²) < 4.78 is 44.1. The van der Waals surface area contributed by atoms with Crippen LogP contribution in [0.15, 0.2) is 57.7 Å². The van der Waals surface area contributed by atoms with Gasteiger partial charge in [-0.15, -0.1) is 0 Å². The summed E-state index contributed by atoms with van der Waals surface area (Å²) in [4.78, 5) is 11.4. The number of nitrogens with one attached hydrogen (secondary N) is 2. The van der Waals surface area contributed by atoms with Crippen molar-refractivity contribution in [1.82, 2.24) is 0 Å². The van der Waals surface area contributed by atoms with Gasteiger partial charge in [-0.2, -0.15) is 13.2 Å². The van der Waals surface area contributed by atoms with Gasteiger partial charge in [0, 0.05) is 28.9 Å².